The maximum absolute atomic E-state index is 14.4. The zero-order valence-corrected chi connectivity index (χ0v) is 19.2. The van der Waals surface area contributed by atoms with Crippen LogP contribution in [0.4, 0.5) is 20.5 Å². The summed E-state index contributed by atoms with van der Waals surface area (Å²) in [6.07, 6.45) is 7.45. The number of hydrogen-bond acceptors (Lipinski definition) is 8. The van der Waals surface area contributed by atoms with Gasteiger partial charge < -0.3 is 15.3 Å². The summed E-state index contributed by atoms with van der Waals surface area (Å²) in [6.45, 7) is -0.137. The van der Waals surface area contributed by atoms with Crippen molar-refractivity contribution < 1.29 is 18.1 Å². The standard InChI is InChI=1S/C21H23ClF2N6O2S/c22-12-8-25-17(26-9-12)11-4-13-6-14(5-11)30(13)19-27-15-7-21(23,24)33(32)16(15)18(28-19)29-20(10-31)2-1-3-20/h8-9,11,13-14,31H,1-7,10H2,(H,27,28,29)/t11?,13?,14?,33-/m1/s1. The number of anilines is 2. The summed E-state index contributed by atoms with van der Waals surface area (Å²) in [4.78, 5) is 19.9. The summed E-state index contributed by atoms with van der Waals surface area (Å²) in [5.74, 6) is 1.51. The molecule has 12 heteroatoms. The minimum Gasteiger partial charge on any atom is -0.394 e. The largest absolute Gasteiger partial charge is 0.394 e. The van der Waals surface area contributed by atoms with Crippen molar-refractivity contribution in [1.82, 2.24) is 19.9 Å². The van der Waals surface area contributed by atoms with Crippen molar-refractivity contribution in [2.45, 2.75) is 78.6 Å². The van der Waals surface area contributed by atoms with Crippen LogP contribution in [0.5, 0.6) is 0 Å². The molecule has 2 saturated carbocycles. The van der Waals surface area contributed by atoms with E-state index in [9.17, 15) is 18.1 Å². The number of rotatable bonds is 5. The molecule has 7 rings (SSSR count). The lowest BCUT2D eigenvalue weighted by Gasteiger charge is -2.55. The fourth-order valence-corrected chi connectivity index (χ4v) is 6.80. The normalized spacial score (nSPS) is 30.8. The Kier molecular flexibility index (Phi) is 4.90. The molecule has 3 aliphatic heterocycles. The number of fused-ring (bicyclic) bond motifs is 3. The Morgan fingerprint density at radius 3 is 2.48 bits per heavy atom. The molecule has 0 radical (unpaired) electrons. The summed E-state index contributed by atoms with van der Waals surface area (Å²) in [5, 5.41) is 10.2. The Morgan fingerprint density at radius 1 is 1.18 bits per heavy atom. The molecule has 2 unspecified atom stereocenters. The van der Waals surface area contributed by atoms with Gasteiger partial charge in [-0.3, -0.25) is 0 Å². The molecule has 2 aromatic rings. The van der Waals surface area contributed by atoms with Crippen molar-refractivity contribution in [1.29, 1.82) is 0 Å². The fraction of sp³-hybridized carbons (Fsp3) is 0.619. The van der Waals surface area contributed by atoms with E-state index in [-0.39, 0.29) is 41.0 Å². The summed E-state index contributed by atoms with van der Waals surface area (Å²) < 4.78 is 41.3. The lowest BCUT2D eigenvalue weighted by Crippen LogP contribution is -2.61. The molecule has 2 N–H and O–H groups in total. The third-order valence-corrected chi connectivity index (χ3v) is 9.11. The Hall–Kier alpha value is -1.98. The van der Waals surface area contributed by atoms with Crippen LogP contribution < -0.4 is 10.2 Å². The molecule has 8 nitrogen and oxygen atoms in total. The predicted molar refractivity (Wildman–Crippen MR) is 118 cm³/mol. The maximum Gasteiger partial charge on any atom is 0.331 e. The highest BCUT2D eigenvalue weighted by atomic mass is 35.5. The minimum absolute atomic E-state index is 0.0263. The average molecular weight is 497 g/mol. The SMILES string of the molecule is O=[S@@]1c2c(nc(N3C4CC(c5ncc(Cl)cn5)CC3C4)nc2NC2(CO)CCC2)CC1(F)F. The molecule has 5 aliphatic rings. The Balaban J connectivity index is 1.31. The summed E-state index contributed by atoms with van der Waals surface area (Å²) in [6, 6.07) is 0.309. The topological polar surface area (TPSA) is 104 Å². The molecule has 176 valence electrons. The van der Waals surface area contributed by atoms with Crippen molar-refractivity contribution in [2.24, 2.45) is 0 Å². The van der Waals surface area contributed by atoms with Crippen molar-refractivity contribution in [3.05, 3.63) is 28.9 Å². The van der Waals surface area contributed by atoms with Crippen LogP contribution in [0.15, 0.2) is 17.3 Å². The first-order valence-corrected chi connectivity index (χ1v) is 12.7. The number of aliphatic hydroxyl groups is 1. The second-order valence-corrected chi connectivity index (χ2v) is 11.5. The monoisotopic (exact) mass is 496 g/mol. The fourth-order valence-electron chi connectivity index (χ4n) is 5.53. The van der Waals surface area contributed by atoms with Gasteiger partial charge in [0.15, 0.2) is 0 Å². The molecular formula is C21H23ClF2N6O2S. The number of hydrogen-bond donors (Lipinski definition) is 2. The number of nitrogens with one attached hydrogen (secondary N) is 1. The van der Waals surface area contributed by atoms with Crippen LogP contribution in [-0.2, 0) is 17.2 Å². The van der Waals surface area contributed by atoms with Gasteiger partial charge in [-0.2, -0.15) is 13.8 Å². The highest BCUT2D eigenvalue weighted by molar-refractivity contribution is 7.86. The first-order valence-electron chi connectivity index (χ1n) is 11.1. The third kappa shape index (κ3) is 3.42. The number of aliphatic hydroxyl groups excluding tert-OH is 1. The second-order valence-electron chi connectivity index (χ2n) is 9.53. The minimum atomic E-state index is -3.38. The highest BCUT2D eigenvalue weighted by Gasteiger charge is 2.52. The molecule has 2 saturated heterocycles. The molecule has 0 amide bonds. The number of halogens is 3. The van der Waals surface area contributed by atoms with Crippen LogP contribution in [0.1, 0.15) is 56.0 Å². The molecule has 33 heavy (non-hydrogen) atoms. The maximum atomic E-state index is 14.4. The number of alkyl halides is 2. The lowest BCUT2D eigenvalue weighted by molar-refractivity contribution is 0.104. The molecule has 0 aromatic carbocycles. The second kappa shape index (κ2) is 7.51. The predicted octanol–water partition coefficient (Wildman–Crippen LogP) is 3.03. The van der Waals surface area contributed by atoms with E-state index in [4.69, 9.17) is 11.6 Å². The van der Waals surface area contributed by atoms with Crippen molar-refractivity contribution in [2.75, 3.05) is 16.8 Å². The molecule has 3 atom stereocenters. The number of aromatic nitrogens is 4. The number of piperidine rings is 1. The average Bonchev–Trinajstić information content (AvgIpc) is 2.99. The first-order chi connectivity index (χ1) is 15.8. The molecule has 2 aliphatic carbocycles. The summed E-state index contributed by atoms with van der Waals surface area (Å²) in [5.41, 5.74) is -0.482. The van der Waals surface area contributed by atoms with Gasteiger partial charge >= 0.3 is 5.25 Å². The van der Waals surface area contributed by atoms with Crippen LogP contribution in [0, 0.1) is 0 Å². The van der Waals surface area contributed by atoms with Crippen LogP contribution >= 0.6 is 11.6 Å². The van der Waals surface area contributed by atoms with Gasteiger partial charge in [-0.05, 0) is 38.5 Å². The molecule has 2 aromatic heterocycles. The molecule has 4 fully saturated rings. The van der Waals surface area contributed by atoms with E-state index in [0.717, 1.165) is 31.5 Å². The Bertz CT molecular complexity index is 1110. The van der Waals surface area contributed by atoms with E-state index in [0.29, 0.717) is 23.8 Å². The van der Waals surface area contributed by atoms with Crippen LogP contribution in [0.3, 0.4) is 0 Å². The molecule has 5 heterocycles. The van der Waals surface area contributed by atoms with Gasteiger partial charge in [-0.25, -0.2) is 19.2 Å². The molecule has 0 spiro atoms. The third-order valence-electron chi connectivity index (χ3n) is 7.43. The van der Waals surface area contributed by atoms with Gasteiger partial charge in [-0.1, -0.05) is 11.6 Å². The van der Waals surface area contributed by atoms with E-state index < -0.39 is 28.0 Å². The van der Waals surface area contributed by atoms with Crippen molar-refractivity contribution in [3.63, 3.8) is 0 Å². The van der Waals surface area contributed by atoms with Crippen molar-refractivity contribution in [3.8, 4) is 0 Å². The first kappa shape index (κ1) is 21.5. The van der Waals surface area contributed by atoms with E-state index in [1.54, 1.807) is 12.4 Å². The number of nitrogens with zero attached hydrogens (tertiary/aromatic N) is 5. The van der Waals surface area contributed by atoms with Gasteiger partial charge in [0.25, 0.3) is 0 Å². The van der Waals surface area contributed by atoms with E-state index in [1.165, 1.54) is 0 Å². The molecule has 2 bridgehead atoms. The van der Waals surface area contributed by atoms with E-state index in [2.05, 4.69) is 30.2 Å². The van der Waals surface area contributed by atoms with E-state index in [1.807, 2.05) is 0 Å². The molecular weight excluding hydrogens is 474 g/mol. The van der Waals surface area contributed by atoms with Crippen LogP contribution in [0.2, 0.25) is 5.02 Å². The van der Waals surface area contributed by atoms with Crippen LogP contribution in [0.25, 0.3) is 0 Å². The van der Waals surface area contributed by atoms with Gasteiger partial charge in [-0.15, -0.1) is 0 Å². The summed E-state index contributed by atoms with van der Waals surface area (Å²) >= 11 is 5.91. The van der Waals surface area contributed by atoms with Gasteiger partial charge in [0.1, 0.15) is 27.3 Å². The smallest absolute Gasteiger partial charge is 0.331 e. The zero-order chi connectivity index (χ0) is 23.0. The summed E-state index contributed by atoms with van der Waals surface area (Å²) in [7, 11) is -2.53. The van der Waals surface area contributed by atoms with Gasteiger partial charge in [0, 0.05) is 30.4 Å². The lowest BCUT2D eigenvalue weighted by atomic mass is 9.73. The Labute approximate surface area is 196 Å². The van der Waals surface area contributed by atoms with E-state index >= 15 is 0 Å². The zero-order valence-electron chi connectivity index (χ0n) is 17.7. The Morgan fingerprint density at radius 2 is 1.88 bits per heavy atom. The van der Waals surface area contributed by atoms with Gasteiger partial charge in [0.05, 0.1) is 29.3 Å². The highest BCUT2D eigenvalue weighted by Crippen LogP contribution is 2.49. The quantitative estimate of drug-likeness (QED) is 0.651. The van der Waals surface area contributed by atoms with Crippen molar-refractivity contribution >= 4 is 34.2 Å². The van der Waals surface area contributed by atoms with Gasteiger partial charge in [0.2, 0.25) is 5.95 Å². The van der Waals surface area contributed by atoms with Crippen LogP contribution in [-0.4, -0.2) is 58.7 Å².